The molecule has 0 spiro atoms. The number of ether oxygens (including phenoxy) is 6. The number of carbonyl (C=O) groups is 1. The standard InChI is InChI=1S/C71H127NO18/c1-3-5-7-9-11-13-15-17-19-21-23-25-26-27-28-29-31-33-35-37-39-41-43-45-47-49-59(77)72-54(55(76)48-46-44-42-40-38-36-34-32-30-24-22-20-18-16-14-12-10-8-6-4-2)53-85-69-65(83)62(80)67(57(51-74)87-69)90-71-66(84)63(81)68(58(52-75)88-71)89-70-64(82)61(79)60(78)56(50-73)86-70/h15,17,21,23,30,32,38,40,46,48,54-58,60-71,73-76,78-84H,3-14,16,18-20,22,24-29,31,33-37,39,41-45,47,49-53H2,1-2H3,(H,72,77)/b17-15-,23-21-,32-30+,40-38+,48-46+. The largest absolute Gasteiger partial charge is 0.394 e. The van der Waals surface area contributed by atoms with Crippen molar-refractivity contribution in [2.75, 3.05) is 26.4 Å². The zero-order valence-corrected chi connectivity index (χ0v) is 55.4. The maximum Gasteiger partial charge on any atom is 0.220 e. The van der Waals surface area contributed by atoms with Crippen LogP contribution in [0.25, 0.3) is 0 Å². The SMILES string of the molecule is CCCCCCC/C=C\C/C=C\CCCCCCCCCCCCCCCC(=O)NC(COC1OC(CO)C(OC2OC(CO)C(OC3OC(CO)C(O)C(O)C3O)C(O)C2O)C(O)C1O)C(O)/C=C/CC/C=C/CC/C=C/CCCCCCCCCCCC. The molecule has 0 saturated carbocycles. The van der Waals surface area contributed by atoms with E-state index in [4.69, 9.17) is 28.4 Å². The van der Waals surface area contributed by atoms with E-state index in [1.165, 1.54) is 167 Å². The van der Waals surface area contributed by atoms with Gasteiger partial charge in [-0.3, -0.25) is 4.79 Å². The monoisotopic (exact) mass is 1280 g/mol. The minimum atomic E-state index is -1.98. The van der Waals surface area contributed by atoms with E-state index in [-0.39, 0.29) is 18.9 Å². The summed E-state index contributed by atoms with van der Waals surface area (Å²) < 4.78 is 34.3. The van der Waals surface area contributed by atoms with Crippen molar-refractivity contribution < 1.29 is 89.4 Å². The van der Waals surface area contributed by atoms with Crippen molar-refractivity contribution >= 4 is 5.91 Å². The lowest BCUT2D eigenvalue weighted by Gasteiger charge is -2.48. The lowest BCUT2D eigenvalue weighted by molar-refractivity contribution is -0.379. The lowest BCUT2D eigenvalue weighted by Crippen LogP contribution is -2.66. The van der Waals surface area contributed by atoms with Crippen LogP contribution in [0.5, 0.6) is 0 Å². The summed E-state index contributed by atoms with van der Waals surface area (Å²) in [5.41, 5.74) is 0. The Labute approximate surface area is 541 Å². The predicted octanol–water partition coefficient (Wildman–Crippen LogP) is 9.55. The van der Waals surface area contributed by atoms with Gasteiger partial charge in [0.05, 0.1) is 38.6 Å². The van der Waals surface area contributed by atoms with Gasteiger partial charge < -0.3 is 89.9 Å². The van der Waals surface area contributed by atoms with Crippen LogP contribution in [0.1, 0.15) is 251 Å². The van der Waals surface area contributed by atoms with E-state index in [0.717, 1.165) is 51.4 Å². The van der Waals surface area contributed by atoms with Crippen LogP contribution in [0, 0.1) is 0 Å². The third-order valence-electron chi connectivity index (χ3n) is 17.5. The Morgan fingerprint density at radius 3 is 1.18 bits per heavy atom. The molecule has 3 heterocycles. The molecule has 524 valence electrons. The van der Waals surface area contributed by atoms with E-state index in [2.05, 4.69) is 67.8 Å². The molecule has 3 rings (SSSR count). The molecule has 17 unspecified atom stereocenters. The summed E-state index contributed by atoms with van der Waals surface area (Å²) >= 11 is 0. The normalized spacial score (nSPS) is 28.4. The van der Waals surface area contributed by atoms with Gasteiger partial charge in [-0.15, -0.1) is 0 Å². The maximum absolute atomic E-state index is 13.4. The minimum absolute atomic E-state index is 0.230. The molecule has 3 aliphatic rings. The van der Waals surface area contributed by atoms with Gasteiger partial charge in [0.1, 0.15) is 73.2 Å². The number of carbonyl (C=O) groups excluding carboxylic acids is 1. The molecule has 3 fully saturated rings. The second-order valence-electron chi connectivity index (χ2n) is 25.3. The highest BCUT2D eigenvalue weighted by Crippen LogP contribution is 2.33. The van der Waals surface area contributed by atoms with Crippen molar-refractivity contribution in [2.45, 2.75) is 356 Å². The zero-order valence-electron chi connectivity index (χ0n) is 55.4. The van der Waals surface area contributed by atoms with Gasteiger partial charge in [-0.2, -0.15) is 0 Å². The van der Waals surface area contributed by atoms with Gasteiger partial charge in [0.15, 0.2) is 18.9 Å². The molecule has 0 radical (unpaired) electrons. The number of rotatable bonds is 54. The number of hydrogen-bond acceptors (Lipinski definition) is 18. The highest BCUT2D eigenvalue weighted by Gasteiger charge is 2.53. The number of aliphatic hydroxyl groups is 11. The van der Waals surface area contributed by atoms with E-state index in [1.54, 1.807) is 6.08 Å². The van der Waals surface area contributed by atoms with Gasteiger partial charge in [0.2, 0.25) is 5.91 Å². The number of nitrogens with one attached hydrogen (secondary N) is 1. The van der Waals surface area contributed by atoms with Crippen LogP contribution in [0.15, 0.2) is 60.8 Å². The number of aliphatic hydroxyl groups excluding tert-OH is 11. The first-order valence-corrected chi connectivity index (χ1v) is 35.5. The Kier molecular flexibility index (Phi) is 47.9. The highest BCUT2D eigenvalue weighted by molar-refractivity contribution is 5.76. The lowest BCUT2D eigenvalue weighted by atomic mass is 9.96. The van der Waals surface area contributed by atoms with E-state index < -0.39 is 124 Å². The maximum atomic E-state index is 13.4. The molecule has 0 aromatic rings. The second kappa shape index (κ2) is 52.7. The Balaban J connectivity index is 1.45. The molecule has 19 nitrogen and oxygen atoms in total. The van der Waals surface area contributed by atoms with Crippen LogP contribution >= 0.6 is 0 Å². The Bertz CT molecular complexity index is 1870. The first-order chi connectivity index (χ1) is 43.8. The molecule has 0 bridgehead atoms. The summed E-state index contributed by atoms with van der Waals surface area (Å²) in [5.74, 6) is -0.290. The van der Waals surface area contributed by atoms with Crippen LogP contribution in [0.3, 0.4) is 0 Å². The molecular weight excluding hydrogens is 1150 g/mol. The van der Waals surface area contributed by atoms with E-state index in [0.29, 0.717) is 12.8 Å². The van der Waals surface area contributed by atoms with Gasteiger partial charge >= 0.3 is 0 Å². The first-order valence-electron chi connectivity index (χ1n) is 35.5. The van der Waals surface area contributed by atoms with Crippen molar-refractivity contribution in [1.29, 1.82) is 0 Å². The average molecular weight is 1280 g/mol. The molecule has 0 aliphatic carbocycles. The fourth-order valence-corrected chi connectivity index (χ4v) is 11.7. The third kappa shape index (κ3) is 34.2. The van der Waals surface area contributed by atoms with E-state index >= 15 is 0 Å². The third-order valence-corrected chi connectivity index (χ3v) is 17.5. The van der Waals surface area contributed by atoms with Crippen LogP contribution in [-0.4, -0.2) is 193 Å². The van der Waals surface area contributed by atoms with Crippen LogP contribution in [0.4, 0.5) is 0 Å². The van der Waals surface area contributed by atoms with Crippen molar-refractivity contribution in [3.05, 3.63) is 60.8 Å². The molecule has 3 aliphatic heterocycles. The van der Waals surface area contributed by atoms with Gasteiger partial charge in [0.25, 0.3) is 0 Å². The number of amides is 1. The predicted molar refractivity (Wildman–Crippen MR) is 351 cm³/mol. The van der Waals surface area contributed by atoms with Crippen molar-refractivity contribution in [3.8, 4) is 0 Å². The second-order valence-corrected chi connectivity index (χ2v) is 25.3. The summed E-state index contributed by atoms with van der Waals surface area (Å²) in [6, 6.07) is -0.999. The first kappa shape index (κ1) is 81.7. The number of unbranched alkanes of at least 4 members (excludes halogenated alkanes) is 30. The van der Waals surface area contributed by atoms with Crippen molar-refractivity contribution in [2.24, 2.45) is 0 Å². The summed E-state index contributed by atoms with van der Waals surface area (Å²) in [7, 11) is 0. The summed E-state index contributed by atoms with van der Waals surface area (Å²) in [6.45, 7) is 1.71. The quantitative estimate of drug-likeness (QED) is 0.0199. The minimum Gasteiger partial charge on any atom is -0.394 e. The molecule has 1 amide bonds. The summed E-state index contributed by atoms with van der Waals surface area (Å²) in [6.07, 6.45) is 37.6. The molecule has 12 N–H and O–H groups in total. The molecule has 19 heteroatoms. The summed E-state index contributed by atoms with van der Waals surface area (Å²) in [5, 5.41) is 121. The number of hydrogen-bond donors (Lipinski definition) is 12. The van der Waals surface area contributed by atoms with Crippen LogP contribution < -0.4 is 5.32 Å². The number of allylic oxidation sites excluding steroid dienone is 9. The Hall–Kier alpha value is -2.51. The zero-order chi connectivity index (χ0) is 65.4. The van der Waals surface area contributed by atoms with Crippen molar-refractivity contribution in [1.82, 2.24) is 5.32 Å². The van der Waals surface area contributed by atoms with Crippen molar-refractivity contribution in [3.63, 3.8) is 0 Å². The molecule has 3 saturated heterocycles. The smallest absolute Gasteiger partial charge is 0.220 e. The van der Waals surface area contributed by atoms with E-state index in [1.807, 2.05) is 6.08 Å². The average Bonchev–Trinajstić information content (AvgIpc) is 0.847. The summed E-state index contributed by atoms with van der Waals surface area (Å²) in [4.78, 5) is 13.4. The van der Waals surface area contributed by atoms with Crippen LogP contribution in [0.2, 0.25) is 0 Å². The van der Waals surface area contributed by atoms with Gasteiger partial charge in [-0.25, -0.2) is 0 Å². The van der Waals surface area contributed by atoms with Gasteiger partial charge in [0, 0.05) is 6.42 Å². The molecule has 90 heavy (non-hydrogen) atoms. The fraction of sp³-hybridized carbons (Fsp3) is 0.845. The van der Waals surface area contributed by atoms with Gasteiger partial charge in [-0.1, -0.05) is 229 Å². The highest BCUT2D eigenvalue weighted by atomic mass is 16.8. The molecule has 17 atom stereocenters. The van der Waals surface area contributed by atoms with Gasteiger partial charge in [-0.05, 0) is 77.0 Å². The molecule has 0 aromatic heterocycles. The Morgan fingerprint density at radius 2 is 0.744 bits per heavy atom. The van der Waals surface area contributed by atoms with Crippen LogP contribution in [-0.2, 0) is 33.2 Å². The fourth-order valence-electron chi connectivity index (χ4n) is 11.7. The molecule has 0 aromatic carbocycles. The topological polar surface area (TPSA) is 307 Å². The molecular formula is C71H127NO18. The van der Waals surface area contributed by atoms with E-state index in [9.17, 15) is 61.0 Å². The Morgan fingerprint density at radius 1 is 0.400 bits per heavy atom.